The highest BCUT2D eigenvalue weighted by molar-refractivity contribution is 5.81. The Morgan fingerprint density at radius 3 is 2.56 bits per heavy atom. The first kappa shape index (κ1) is 18.8. The SMILES string of the molecule is CCC(Oc1ccccc1F)C(=O)NCc1cccc(OC(C)C)c1. The van der Waals surface area contributed by atoms with Gasteiger partial charge in [0, 0.05) is 6.54 Å². The van der Waals surface area contributed by atoms with E-state index in [4.69, 9.17) is 9.47 Å². The maximum atomic E-state index is 13.7. The van der Waals surface area contributed by atoms with Crippen molar-refractivity contribution >= 4 is 5.91 Å². The van der Waals surface area contributed by atoms with Crippen LogP contribution in [-0.2, 0) is 11.3 Å². The molecule has 134 valence electrons. The van der Waals surface area contributed by atoms with Gasteiger partial charge in [0.05, 0.1) is 6.10 Å². The fraction of sp³-hybridized carbons (Fsp3) is 0.350. The first-order valence-electron chi connectivity index (χ1n) is 8.44. The number of halogens is 1. The van der Waals surface area contributed by atoms with Gasteiger partial charge in [0.15, 0.2) is 17.7 Å². The second-order valence-electron chi connectivity index (χ2n) is 5.98. The van der Waals surface area contributed by atoms with Gasteiger partial charge in [-0.2, -0.15) is 0 Å². The zero-order valence-electron chi connectivity index (χ0n) is 14.8. The number of amides is 1. The third-order valence-corrected chi connectivity index (χ3v) is 3.51. The number of nitrogens with one attached hydrogen (secondary N) is 1. The van der Waals surface area contributed by atoms with Gasteiger partial charge >= 0.3 is 0 Å². The number of hydrogen-bond donors (Lipinski definition) is 1. The van der Waals surface area contributed by atoms with Gasteiger partial charge in [0.25, 0.3) is 5.91 Å². The highest BCUT2D eigenvalue weighted by Crippen LogP contribution is 2.18. The van der Waals surface area contributed by atoms with Gasteiger partial charge in [0.2, 0.25) is 0 Å². The number of para-hydroxylation sites is 1. The lowest BCUT2D eigenvalue weighted by Gasteiger charge is -2.18. The van der Waals surface area contributed by atoms with Crippen molar-refractivity contribution < 1.29 is 18.7 Å². The van der Waals surface area contributed by atoms with Gasteiger partial charge in [0.1, 0.15) is 5.75 Å². The molecule has 0 bridgehead atoms. The van der Waals surface area contributed by atoms with Crippen LogP contribution in [0.25, 0.3) is 0 Å². The van der Waals surface area contributed by atoms with Gasteiger partial charge in [-0.05, 0) is 50.1 Å². The molecule has 0 saturated carbocycles. The second kappa shape index (κ2) is 9.06. The standard InChI is InChI=1S/C20H24FNO3/c1-4-18(25-19-11-6-5-10-17(19)21)20(23)22-13-15-8-7-9-16(12-15)24-14(2)3/h5-12,14,18H,4,13H2,1-3H3,(H,22,23). The molecule has 0 aliphatic rings. The van der Waals surface area contributed by atoms with E-state index in [0.29, 0.717) is 13.0 Å². The monoisotopic (exact) mass is 345 g/mol. The topological polar surface area (TPSA) is 47.6 Å². The van der Waals surface area contributed by atoms with E-state index in [1.807, 2.05) is 45.0 Å². The smallest absolute Gasteiger partial charge is 0.261 e. The predicted molar refractivity (Wildman–Crippen MR) is 95.2 cm³/mol. The van der Waals surface area contributed by atoms with Crippen LogP contribution in [0.4, 0.5) is 4.39 Å². The summed E-state index contributed by atoms with van der Waals surface area (Å²) in [6.07, 6.45) is -0.216. The average molecular weight is 345 g/mol. The Hall–Kier alpha value is -2.56. The summed E-state index contributed by atoms with van der Waals surface area (Å²) < 4.78 is 24.8. The molecule has 0 aliphatic heterocycles. The fourth-order valence-electron chi connectivity index (χ4n) is 2.32. The fourth-order valence-corrected chi connectivity index (χ4v) is 2.32. The summed E-state index contributed by atoms with van der Waals surface area (Å²) in [6, 6.07) is 13.6. The molecule has 0 heterocycles. The number of benzene rings is 2. The zero-order valence-corrected chi connectivity index (χ0v) is 14.8. The Bertz CT molecular complexity index is 703. The summed E-state index contributed by atoms with van der Waals surface area (Å²) in [7, 11) is 0. The van der Waals surface area contributed by atoms with Crippen molar-refractivity contribution in [3.63, 3.8) is 0 Å². The van der Waals surface area contributed by atoms with Gasteiger partial charge < -0.3 is 14.8 Å². The molecule has 2 aromatic carbocycles. The molecule has 1 amide bonds. The molecule has 0 radical (unpaired) electrons. The van der Waals surface area contributed by atoms with Crippen molar-refractivity contribution in [2.45, 2.75) is 45.9 Å². The van der Waals surface area contributed by atoms with Gasteiger partial charge in [-0.15, -0.1) is 0 Å². The molecule has 0 fully saturated rings. The lowest BCUT2D eigenvalue weighted by Crippen LogP contribution is -2.37. The summed E-state index contributed by atoms with van der Waals surface area (Å²) >= 11 is 0. The summed E-state index contributed by atoms with van der Waals surface area (Å²) in [6.45, 7) is 6.09. The van der Waals surface area contributed by atoms with Crippen LogP contribution in [-0.4, -0.2) is 18.1 Å². The molecule has 0 saturated heterocycles. The Morgan fingerprint density at radius 1 is 1.12 bits per heavy atom. The molecule has 5 heteroatoms. The third kappa shape index (κ3) is 5.78. The number of carbonyl (C=O) groups is 1. The van der Waals surface area contributed by atoms with Crippen LogP contribution in [0.1, 0.15) is 32.8 Å². The molecule has 2 aromatic rings. The van der Waals surface area contributed by atoms with E-state index in [-0.39, 0.29) is 17.8 Å². The summed E-state index contributed by atoms with van der Waals surface area (Å²) in [5, 5.41) is 2.83. The van der Waals surface area contributed by atoms with Crippen LogP contribution >= 0.6 is 0 Å². The van der Waals surface area contributed by atoms with Crippen LogP contribution in [0.15, 0.2) is 48.5 Å². The van der Waals surface area contributed by atoms with E-state index in [0.717, 1.165) is 11.3 Å². The van der Waals surface area contributed by atoms with Crippen LogP contribution < -0.4 is 14.8 Å². The van der Waals surface area contributed by atoms with Gasteiger partial charge in [-0.25, -0.2) is 4.39 Å². The predicted octanol–water partition coefficient (Wildman–Crippen LogP) is 4.09. The van der Waals surface area contributed by atoms with E-state index in [1.54, 1.807) is 12.1 Å². The minimum Gasteiger partial charge on any atom is -0.491 e. The van der Waals surface area contributed by atoms with Gasteiger partial charge in [-0.1, -0.05) is 31.2 Å². The third-order valence-electron chi connectivity index (χ3n) is 3.51. The molecule has 0 aromatic heterocycles. The molecular weight excluding hydrogens is 321 g/mol. The van der Waals surface area contributed by atoms with Crippen molar-refractivity contribution in [3.8, 4) is 11.5 Å². The number of ether oxygens (including phenoxy) is 2. The van der Waals surface area contributed by atoms with E-state index in [1.165, 1.54) is 12.1 Å². The maximum absolute atomic E-state index is 13.7. The van der Waals surface area contributed by atoms with Crippen molar-refractivity contribution in [1.82, 2.24) is 5.32 Å². The van der Waals surface area contributed by atoms with E-state index in [2.05, 4.69) is 5.32 Å². The van der Waals surface area contributed by atoms with Crippen LogP contribution in [0.5, 0.6) is 11.5 Å². The Labute approximate surface area is 148 Å². The Balaban J connectivity index is 1.95. The number of hydrogen-bond acceptors (Lipinski definition) is 3. The summed E-state index contributed by atoms with van der Waals surface area (Å²) in [5.41, 5.74) is 0.923. The lowest BCUT2D eigenvalue weighted by molar-refractivity contribution is -0.128. The minimum absolute atomic E-state index is 0.0804. The van der Waals surface area contributed by atoms with Gasteiger partial charge in [-0.3, -0.25) is 4.79 Å². The van der Waals surface area contributed by atoms with Crippen molar-refractivity contribution in [1.29, 1.82) is 0 Å². The molecule has 1 atom stereocenters. The van der Waals surface area contributed by atoms with Crippen molar-refractivity contribution in [2.24, 2.45) is 0 Å². The Morgan fingerprint density at radius 2 is 1.88 bits per heavy atom. The zero-order chi connectivity index (χ0) is 18.2. The number of rotatable bonds is 8. The maximum Gasteiger partial charge on any atom is 0.261 e. The molecule has 0 spiro atoms. The molecule has 4 nitrogen and oxygen atoms in total. The molecule has 1 unspecified atom stereocenters. The molecule has 1 N–H and O–H groups in total. The first-order chi connectivity index (χ1) is 12.0. The van der Waals surface area contributed by atoms with E-state index < -0.39 is 11.9 Å². The molecule has 25 heavy (non-hydrogen) atoms. The van der Waals surface area contributed by atoms with Crippen molar-refractivity contribution in [3.05, 3.63) is 59.9 Å². The van der Waals surface area contributed by atoms with Crippen LogP contribution in [0, 0.1) is 5.82 Å². The van der Waals surface area contributed by atoms with Crippen LogP contribution in [0.3, 0.4) is 0 Å². The first-order valence-corrected chi connectivity index (χ1v) is 8.44. The highest BCUT2D eigenvalue weighted by atomic mass is 19.1. The van der Waals surface area contributed by atoms with Crippen LogP contribution in [0.2, 0.25) is 0 Å². The summed E-state index contributed by atoms with van der Waals surface area (Å²) in [4.78, 5) is 12.3. The molecular formula is C20H24FNO3. The van der Waals surface area contributed by atoms with E-state index in [9.17, 15) is 9.18 Å². The quantitative estimate of drug-likeness (QED) is 0.784. The summed E-state index contributed by atoms with van der Waals surface area (Å²) in [5.74, 6) is 0.0847. The minimum atomic E-state index is -0.744. The number of carbonyl (C=O) groups excluding carboxylic acids is 1. The van der Waals surface area contributed by atoms with E-state index >= 15 is 0 Å². The molecule has 2 rings (SSSR count). The second-order valence-corrected chi connectivity index (χ2v) is 5.98. The normalized spacial score (nSPS) is 11.9. The van der Waals surface area contributed by atoms with Crippen molar-refractivity contribution in [2.75, 3.05) is 0 Å². The molecule has 0 aliphatic carbocycles. The highest BCUT2D eigenvalue weighted by Gasteiger charge is 2.19. The lowest BCUT2D eigenvalue weighted by atomic mass is 10.2. The largest absolute Gasteiger partial charge is 0.491 e. The Kier molecular flexibility index (Phi) is 6.81. The average Bonchev–Trinajstić information content (AvgIpc) is 2.59.